The van der Waals surface area contributed by atoms with Gasteiger partial charge in [-0.1, -0.05) is 12.1 Å². The van der Waals surface area contributed by atoms with Crippen molar-refractivity contribution in [2.45, 2.75) is 19.4 Å². The van der Waals surface area contributed by atoms with Crippen LogP contribution in [0.3, 0.4) is 0 Å². The second kappa shape index (κ2) is 3.80. The smallest absolute Gasteiger partial charge is 0.133 e. The largest absolute Gasteiger partial charge is 0.464 e. The number of fused-ring (bicyclic) bond motifs is 1. The van der Waals surface area contributed by atoms with E-state index >= 15 is 0 Å². The number of benzene rings is 1. The first kappa shape index (κ1) is 9.67. The highest BCUT2D eigenvalue weighted by molar-refractivity contribution is 5.60. The normalized spacial score (nSPS) is 19.4. The molecule has 0 aliphatic carbocycles. The van der Waals surface area contributed by atoms with E-state index in [-0.39, 0.29) is 0 Å². The lowest BCUT2D eigenvalue weighted by Crippen LogP contribution is -2.27. The average Bonchev–Trinajstić information content (AvgIpc) is 2.83. The number of furan rings is 1. The van der Waals surface area contributed by atoms with Crippen LogP contribution in [0.4, 0.5) is 0 Å². The molecule has 1 atom stereocenters. The van der Waals surface area contributed by atoms with E-state index in [2.05, 4.69) is 30.4 Å². The fourth-order valence-electron chi connectivity index (χ4n) is 2.36. The number of nitrogens with one attached hydrogen (secondary N) is 1. The maximum absolute atomic E-state index is 5.43. The van der Waals surface area contributed by atoms with E-state index in [1.165, 1.54) is 16.7 Å². The third-order valence-electron chi connectivity index (χ3n) is 3.26. The standard InChI is InChI=1S/C14H15NO/c1-10-13-9-12(14-3-2-8-16-14)5-4-11(13)6-7-15-10/h2-5,8-10,15H,6-7H2,1H3. The van der Waals surface area contributed by atoms with Gasteiger partial charge in [-0.25, -0.2) is 0 Å². The lowest BCUT2D eigenvalue weighted by molar-refractivity contribution is 0.540. The van der Waals surface area contributed by atoms with Crippen molar-refractivity contribution in [3.05, 3.63) is 47.7 Å². The van der Waals surface area contributed by atoms with Gasteiger partial charge in [-0.3, -0.25) is 0 Å². The molecule has 2 nitrogen and oxygen atoms in total. The lowest BCUT2D eigenvalue weighted by atomic mass is 9.93. The summed E-state index contributed by atoms with van der Waals surface area (Å²) < 4.78 is 5.43. The van der Waals surface area contributed by atoms with Gasteiger partial charge in [-0.05, 0) is 49.2 Å². The molecular weight excluding hydrogens is 198 g/mol. The molecule has 1 aliphatic heterocycles. The average molecular weight is 213 g/mol. The molecule has 0 bridgehead atoms. The van der Waals surface area contributed by atoms with Gasteiger partial charge in [-0.15, -0.1) is 0 Å². The van der Waals surface area contributed by atoms with Crippen LogP contribution < -0.4 is 5.32 Å². The highest BCUT2D eigenvalue weighted by atomic mass is 16.3. The van der Waals surface area contributed by atoms with E-state index < -0.39 is 0 Å². The van der Waals surface area contributed by atoms with Gasteiger partial charge >= 0.3 is 0 Å². The van der Waals surface area contributed by atoms with E-state index in [0.29, 0.717) is 6.04 Å². The van der Waals surface area contributed by atoms with Crippen LogP contribution >= 0.6 is 0 Å². The van der Waals surface area contributed by atoms with Crippen LogP contribution in [0.1, 0.15) is 24.1 Å². The van der Waals surface area contributed by atoms with Gasteiger partial charge in [-0.2, -0.15) is 0 Å². The summed E-state index contributed by atoms with van der Waals surface area (Å²) in [5.41, 5.74) is 4.03. The monoisotopic (exact) mass is 213 g/mol. The van der Waals surface area contributed by atoms with Crippen molar-refractivity contribution >= 4 is 0 Å². The number of hydrogen-bond acceptors (Lipinski definition) is 2. The van der Waals surface area contributed by atoms with Crippen LogP contribution in [0.15, 0.2) is 41.0 Å². The minimum atomic E-state index is 0.443. The molecule has 16 heavy (non-hydrogen) atoms. The molecule has 1 aromatic carbocycles. The van der Waals surface area contributed by atoms with Crippen LogP contribution in [0, 0.1) is 0 Å². The second-order valence-electron chi connectivity index (χ2n) is 4.32. The van der Waals surface area contributed by atoms with Gasteiger partial charge < -0.3 is 9.73 Å². The zero-order chi connectivity index (χ0) is 11.0. The predicted molar refractivity (Wildman–Crippen MR) is 64.3 cm³/mol. The summed E-state index contributed by atoms with van der Waals surface area (Å²) in [6, 6.07) is 11.0. The summed E-state index contributed by atoms with van der Waals surface area (Å²) in [7, 11) is 0. The number of rotatable bonds is 1. The Morgan fingerprint density at radius 3 is 3.06 bits per heavy atom. The van der Waals surface area contributed by atoms with Gasteiger partial charge in [0.1, 0.15) is 5.76 Å². The van der Waals surface area contributed by atoms with Crippen molar-refractivity contribution in [1.29, 1.82) is 0 Å². The van der Waals surface area contributed by atoms with Crippen LogP contribution in [0.25, 0.3) is 11.3 Å². The Hall–Kier alpha value is -1.54. The number of hydrogen-bond donors (Lipinski definition) is 1. The second-order valence-corrected chi connectivity index (χ2v) is 4.32. The molecular formula is C14H15NO. The molecule has 0 amide bonds. The first-order chi connectivity index (χ1) is 7.84. The van der Waals surface area contributed by atoms with Crippen molar-refractivity contribution < 1.29 is 4.42 Å². The molecule has 82 valence electrons. The molecule has 0 saturated heterocycles. The fourth-order valence-corrected chi connectivity index (χ4v) is 2.36. The highest BCUT2D eigenvalue weighted by Crippen LogP contribution is 2.28. The van der Waals surface area contributed by atoms with Gasteiger partial charge in [0.25, 0.3) is 0 Å². The molecule has 2 heteroatoms. The van der Waals surface area contributed by atoms with Crippen molar-refractivity contribution in [2.24, 2.45) is 0 Å². The Morgan fingerprint density at radius 2 is 2.25 bits per heavy atom. The van der Waals surface area contributed by atoms with E-state index in [1.54, 1.807) is 6.26 Å². The van der Waals surface area contributed by atoms with Gasteiger partial charge in [0, 0.05) is 11.6 Å². The molecule has 0 saturated carbocycles. The van der Waals surface area contributed by atoms with E-state index in [0.717, 1.165) is 18.7 Å². The highest BCUT2D eigenvalue weighted by Gasteiger charge is 2.16. The van der Waals surface area contributed by atoms with Gasteiger partial charge in [0.15, 0.2) is 0 Å². The summed E-state index contributed by atoms with van der Waals surface area (Å²) in [5.74, 6) is 0.945. The van der Waals surface area contributed by atoms with Gasteiger partial charge in [0.2, 0.25) is 0 Å². The fraction of sp³-hybridized carbons (Fsp3) is 0.286. The molecule has 2 heterocycles. The molecule has 0 spiro atoms. The predicted octanol–water partition coefficient (Wildman–Crippen LogP) is 3.15. The maximum atomic E-state index is 5.43. The Morgan fingerprint density at radius 1 is 1.31 bits per heavy atom. The summed E-state index contributed by atoms with van der Waals surface area (Å²) in [6.07, 6.45) is 2.84. The maximum Gasteiger partial charge on any atom is 0.133 e. The topological polar surface area (TPSA) is 25.2 Å². The van der Waals surface area contributed by atoms with Crippen LogP contribution in [0.5, 0.6) is 0 Å². The molecule has 3 rings (SSSR count). The summed E-state index contributed by atoms with van der Waals surface area (Å²) in [5, 5.41) is 3.48. The molecule has 1 aliphatic rings. The molecule has 1 unspecified atom stereocenters. The van der Waals surface area contributed by atoms with Crippen LogP contribution in [0.2, 0.25) is 0 Å². The first-order valence-electron chi connectivity index (χ1n) is 5.75. The molecule has 1 aromatic heterocycles. The third kappa shape index (κ3) is 1.55. The van der Waals surface area contributed by atoms with Crippen LogP contribution in [-0.4, -0.2) is 6.54 Å². The summed E-state index contributed by atoms with van der Waals surface area (Å²) >= 11 is 0. The zero-order valence-electron chi connectivity index (χ0n) is 9.36. The summed E-state index contributed by atoms with van der Waals surface area (Å²) in [6.45, 7) is 3.29. The Kier molecular flexibility index (Phi) is 2.29. The molecule has 0 radical (unpaired) electrons. The SMILES string of the molecule is CC1NCCc2ccc(-c3ccco3)cc21. The van der Waals surface area contributed by atoms with E-state index in [1.807, 2.05) is 12.1 Å². The Bertz CT molecular complexity index is 487. The quantitative estimate of drug-likeness (QED) is 0.787. The minimum absolute atomic E-state index is 0.443. The van der Waals surface area contributed by atoms with E-state index in [9.17, 15) is 0 Å². The van der Waals surface area contributed by atoms with Crippen molar-refractivity contribution in [2.75, 3.05) is 6.54 Å². The van der Waals surface area contributed by atoms with Crippen LogP contribution in [-0.2, 0) is 6.42 Å². The Balaban J connectivity index is 2.07. The van der Waals surface area contributed by atoms with Crippen molar-refractivity contribution in [3.8, 4) is 11.3 Å². The zero-order valence-corrected chi connectivity index (χ0v) is 9.36. The molecule has 2 aromatic rings. The first-order valence-corrected chi connectivity index (χ1v) is 5.75. The minimum Gasteiger partial charge on any atom is -0.464 e. The third-order valence-corrected chi connectivity index (χ3v) is 3.26. The molecule has 0 fully saturated rings. The van der Waals surface area contributed by atoms with Gasteiger partial charge in [0.05, 0.1) is 6.26 Å². The van der Waals surface area contributed by atoms with E-state index in [4.69, 9.17) is 4.42 Å². The molecule has 1 N–H and O–H groups in total. The Labute approximate surface area is 95.3 Å². The van der Waals surface area contributed by atoms with Crippen molar-refractivity contribution in [3.63, 3.8) is 0 Å². The van der Waals surface area contributed by atoms with Crippen molar-refractivity contribution in [1.82, 2.24) is 5.32 Å². The lowest BCUT2D eigenvalue weighted by Gasteiger charge is -2.24. The summed E-state index contributed by atoms with van der Waals surface area (Å²) in [4.78, 5) is 0.